The van der Waals surface area contributed by atoms with Gasteiger partial charge >= 0.3 is 0 Å². The fraction of sp³-hybridized carbons (Fsp3) is 0.333. The molecule has 0 unspecified atom stereocenters. The zero-order valence-electron chi connectivity index (χ0n) is 16.2. The molecule has 1 heterocycles. The molecule has 3 rings (SSSR count). The molecule has 1 aliphatic rings. The summed E-state index contributed by atoms with van der Waals surface area (Å²) >= 11 is 0. The Morgan fingerprint density at radius 3 is 2.39 bits per heavy atom. The second kappa shape index (κ2) is 8.65. The van der Waals surface area contributed by atoms with Gasteiger partial charge in [0.1, 0.15) is 25.5 Å². The van der Waals surface area contributed by atoms with Gasteiger partial charge in [0.2, 0.25) is 11.8 Å². The SMILES string of the molecule is CC(=O)N(CC(=O)Nc1ccc(OC(C)C)cc1)c1ccc2c(c1)OCCO2. The van der Waals surface area contributed by atoms with E-state index in [0.717, 1.165) is 5.75 Å². The average Bonchev–Trinajstić information content (AvgIpc) is 2.66. The minimum Gasteiger partial charge on any atom is -0.491 e. The smallest absolute Gasteiger partial charge is 0.244 e. The van der Waals surface area contributed by atoms with Gasteiger partial charge in [-0.1, -0.05) is 0 Å². The average molecular weight is 384 g/mol. The molecule has 7 nitrogen and oxygen atoms in total. The second-order valence-electron chi connectivity index (χ2n) is 6.67. The molecular weight excluding hydrogens is 360 g/mol. The number of carbonyl (C=O) groups excluding carboxylic acids is 2. The second-order valence-corrected chi connectivity index (χ2v) is 6.67. The predicted molar refractivity (Wildman–Crippen MR) is 106 cm³/mol. The third-order valence-corrected chi connectivity index (χ3v) is 4.03. The summed E-state index contributed by atoms with van der Waals surface area (Å²) < 4.78 is 16.6. The fourth-order valence-electron chi connectivity index (χ4n) is 2.82. The fourth-order valence-corrected chi connectivity index (χ4v) is 2.82. The van der Waals surface area contributed by atoms with E-state index in [1.807, 2.05) is 13.8 Å². The van der Waals surface area contributed by atoms with Crippen LogP contribution in [-0.2, 0) is 9.59 Å². The standard InChI is InChI=1S/C21H24N2O5/c1-14(2)28-18-7-4-16(5-8-18)22-21(25)13-23(15(3)24)17-6-9-19-20(12-17)27-11-10-26-19/h4-9,12,14H,10-11,13H2,1-3H3,(H,22,25). The highest BCUT2D eigenvalue weighted by Crippen LogP contribution is 2.34. The number of nitrogens with zero attached hydrogens (tertiary/aromatic N) is 1. The van der Waals surface area contributed by atoms with E-state index in [-0.39, 0.29) is 24.5 Å². The largest absolute Gasteiger partial charge is 0.491 e. The highest BCUT2D eigenvalue weighted by Gasteiger charge is 2.19. The van der Waals surface area contributed by atoms with Crippen molar-refractivity contribution in [3.63, 3.8) is 0 Å². The Hall–Kier alpha value is -3.22. The molecule has 0 radical (unpaired) electrons. The molecule has 0 saturated carbocycles. The summed E-state index contributed by atoms with van der Waals surface area (Å²) in [7, 11) is 0. The van der Waals surface area contributed by atoms with Crippen LogP contribution in [-0.4, -0.2) is 37.7 Å². The maximum atomic E-state index is 12.5. The van der Waals surface area contributed by atoms with Crippen molar-refractivity contribution < 1.29 is 23.8 Å². The summed E-state index contributed by atoms with van der Waals surface area (Å²) in [6.07, 6.45) is 0.0792. The summed E-state index contributed by atoms with van der Waals surface area (Å²) in [6, 6.07) is 12.3. The summed E-state index contributed by atoms with van der Waals surface area (Å²) in [4.78, 5) is 26.0. The molecule has 28 heavy (non-hydrogen) atoms. The predicted octanol–water partition coefficient (Wildman–Crippen LogP) is 3.24. The number of hydrogen-bond donors (Lipinski definition) is 1. The number of rotatable bonds is 6. The van der Waals surface area contributed by atoms with Crippen molar-refractivity contribution in [1.29, 1.82) is 0 Å². The molecule has 0 aromatic heterocycles. The lowest BCUT2D eigenvalue weighted by atomic mass is 10.2. The Morgan fingerprint density at radius 2 is 1.75 bits per heavy atom. The van der Waals surface area contributed by atoms with Gasteiger partial charge in [0.15, 0.2) is 11.5 Å². The molecular formula is C21H24N2O5. The Balaban J connectivity index is 1.67. The Morgan fingerprint density at radius 1 is 1.07 bits per heavy atom. The van der Waals surface area contributed by atoms with Crippen molar-refractivity contribution in [2.24, 2.45) is 0 Å². The van der Waals surface area contributed by atoms with Gasteiger partial charge in [-0.25, -0.2) is 0 Å². The molecule has 1 aliphatic heterocycles. The molecule has 148 valence electrons. The van der Waals surface area contributed by atoms with Crippen molar-refractivity contribution in [2.75, 3.05) is 30.0 Å². The molecule has 2 aromatic carbocycles. The van der Waals surface area contributed by atoms with Crippen LogP contribution in [0.25, 0.3) is 0 Å². The van der Waals surface area contributed by atoms with E-state index in [0.29, 0.717) is 36.1 Å². The summed E-state index contributed by atoms with van der Waals surface area (Å²) in [5.41, 5.74) is 1.21. The lowest BCUT2D eigenvalue weighted by Gasteiger charge is -2.24. The minimum atomic E-state index is -0.303. The number of hydrogen-bond acceptors (Lipinski definition) is 5. The van der Waals surface area contributed by atoms with Crippen LogP contribution in [0.2, 0.25) is 0 Å². The molecule has 2 amide bonds. The van der Waals surface area contributed by atoms with Crippen molar-refractivity contribution in [3.05, 3.63) is 42.5 Å². The molecule has 0 bridgehead atoms. The van der Waals surface area contributed by atoms with E-state index >= 15 is 0 Å². The van der Waals surface area contributed by atoms with Crippen LogP contribution in [0.5, 0.6) is 17.2 Å². The number of ether oxygens (including phenoxy) is 3. The van der Waals surface area contributed by atoms with Gasteiger partial charge in [0, 0.05) is 24.4 Å². The molecule has 2 aromatic rings. The molecule has 0 fully saturated rings. The maximum absolute atomic E-state index is 12.5. The minimum absolute atomic E-state index is 0.0792. The normalized spacial score (nSPS) is 12.4. The van der Waals surface area contributed by atoms with Gasteiger partial charge in [0.25, 0.3) is 0 Å². The van der Waals surface area contributed by atoms with Gasteiger partial charge < -0.3 is 24.4 Å². The Kier molecular flexibility index (Phi) is 6.03. The molecule has 0 atom stereocenters. The first-order valence-electron chi connectivity index (χ1n) is 9.16. The number of carbonyl (C=O) groups is 2. The van der Waals surface area contributed by atoms with Crippen LogP contribution < -0.4 is 24.4 Å². The quantitative estimate of drug-likeness (QED) is 0.827. The number of benzene rings is 2. The van der Waals surface area contributed by atoms with E-state index in [9.17, 15) is 9.59 Å². The van der Waals surface area contributed by atoms with E-state index < -0.39 is 0 Å². The highest BCUT2D eigenvalue weighted by atomic mass is 16.6. The number of amides is 2. The van der Waals surface area contributed by atoms with Crippen LogP contribution in [0.4, 0.5) is 11.4 Å². The molecule has 7 heteroatoms. The van der Waals surface area contributed by atoms with Crippen LogP contribution in [0.3, 0.4) is 0 Å². The van der Waals surface area contributed by atoms with Crippen LogP contribution in [0.1, 0.15) is 20.8 Å². The van der Waals surface area contributed by atoms with Crippen LogP contribution in [0, 0.1) is 0 Å². The van der Waals surface area contributed by atoms with Gasteiger partial charge in [-0.2, -0.15) is 0 Å². The Bertz CT molecular complexity index is 848. The lowest BCUT2D eigenvalue weighted by Crippen LogP contribution is -2.36. The first-order chi connectivity index (χ1) is 13.4. The van der Waals surface area contributed by atoms with Gasteiger partial charge in [-0.05, 0) is 50.2 Å². The monoisotopic (exact) mass is 384 g/mol. The molecule has 0 aliphatic carbocycles. The van der Waals surface area contributed by atoms with Gasteiger partial charge in [-0.15, -0.1) is 0 Å². The summed E-state index contributed by atoms with van der Waals surface area (Å²) in [6.45, 7) is 6.15. The van der Waals surface area contributed by atoms with Crippen LogP contribution >= 0.6 is 0 Å². The molecule has 1 N–H and O–H groups in total. The van der Waals surface area contributed by atoms with Crippen LogP contribution in [0.15, 0.2) is 42.5 Å². The van der Waals surface area contributed by atoms with Crippen molar-refractivity contribution >= 4 is 23.2 Å². The number of nitrogens with one attached hydrogen (secondary N) is 1. The third-order valence-electron chi connectivity index (χ3n) is 4.03. The Labute approximate surface area is 164 Å². The number of anilines is 2. The molecule has 0 spiro atoms. The van der Waals surface area contributed by atoms with Gasteiger partial charge in [0.05, 0.1) is 6.10 Å². The summed E-state index contributed by atoms with van der Waals surface area (Å²) in [5, 5.41) is 2.80. The first-order valence-corrected chi connectivity index (χ1v) is 9.16. The number of fused-ring (bicyclic) bond motifs is 1. The zero-order chi connectivity index (χ0) is 20.1. The maximum Gasteiger partial charge on any atom is 0.244 e. The third kappa shape index (κ3) is 4.94. The van der Waals surface area contributed by atoms with Crippen molar-refractivity contribution in [1.82, 2.24) is 0 Å². The van der Waals surface area contributed by atoms with E-state index in [4.69, 9.17) is 14.2 Å². The topological polar surface area (TPSA) is 77.1 Å². The van der Waals surface area contributed by atoms with Gasteiger partial charge in [-0.3, -0.25) is 9.59 Å². The van der Waals surface area contributed by atoms with E-state index in [2.05, 4.69) is 5.32 Å². The van der Waals surface area contributed by atoms with Crippen molar-refractivity contribution in [3.8, 4) is 17.2 Å². The first kappa shape index (κ1) is 19.5. The summed E-state index contributed by atoms with van der Waals surface area (Å²) in [5.74, 6) is 1.38. The van der Waals surface area contributed by atoms with E-state index in [1.54, 1.807) is 42.5 Å². The van der Waals surface area contributed by atoms with E-state index in [1.165, 1.54) is 11.8 Å². The molecule has 0 saturated heterocycles. The lowest BCUT2D eigenvalue weighted by molar-refractivity contribution is -0.120. The van der Waals surface area contributed by atoms with Crippen molar-refractivity contribution in [2.45, 2.75) is 26.9 Å². The highest BCUT2D eigenvalue weighted by molar-refractivity contribution is 6.02. The zero-order valence-corrected chi connectivity index (χ0v) is 16.2.